The standard InChI is InChI=1S/C13H16FNO3/c14-11-3-1-2-10(6-11)7-12(16)15-8-13(17)4-5-18-9-13/h1-3,6,17H,4-5,7-9H2,(H,15,16). The van der Waals surface area contributed by atoms with E-state index in [1.165, 1.54) is 12.1 Å². The van der Waals surface area contributed by atoms with Gasteiger partial charge in [0.1, 0.15) is 11.4 Å². The summed E-state index contributed by atoms with van der Waals surface area (Å²) < 4.78 is 18.0. The quantitative estimate of drug-likeness (QED) is 0.827. The molecule has 4 nitrogen and oxygen atoms in total. The first kappa shape index (κ1) is 13.0. The number of amides is 1. The molecule has 1 fully saturated rings. The van der Waals surface area contributed by atoms with Gasteiger partial charge in [-0.25, -0.2) is 4.39 Å². The van der Waals surface area contributed by atoms with Crippen molar-refractivity contribution in [2.75, 3.05) is 19.8 Å². The molecule has 18 heavy (non-hydrogen) atoms. The van der Waals surface area contributed by atoms with Crippen molar-refractivity contribution in [3.63, 3.8) is 0 Å². The lowest BCUT2D eigenvalue weighted by Crippen LogP contribution is -2.43. The zero-order valence-electron chi connectivity index (χ0n) is 9.99. The Hall–Kier alpha value is -1.46. The Kier molecular flexibility index (Phi) is 3.93. The second-order valence-electron chi connectivity index (χ2n) is 4.61. The molecule has 5 heteroatoms. The summed E-state index contributed by atoms with van der Waals surface area (Å²) in [4.78, 5) is 11.6. The van der Waals surface area contributed by atoms with E-state index in [4.69, 9.17) is 4.74 Å². The minimum absolute atomic E-state index is 0.106. The highest BCUT2D eigenvalue weighted by Gasteiger charge is 2.32. The highest BCUT2D eigenvalue weighted by atomic mass is 19.1. The Labute approximate surface area is 105 Å². The zero-order chi connectivity index (χ0) is 13.0. The molecule has 1 aromatic carbocycles. The number of rotatable bonds is 4. The van der Waals surface area contributed by atoms with Crippen LogP contribution in [0.5, 0.6) is 0 Å². The summed E-state index contributed by atoms with van der Waals surface area (Å²) in [5.74, 6) is -0.593. The number of halogens is 1. The van der Waals surface area contributed by atoms with Gasteiger partial charge in [-0.05, 0) is 17.7 Å². The fourth-order valence-electron chi connectivity index (χ4n) is 1.89. The third-order valence-corrected chi connectivity index (χ3v) is 2.95. The number of benzene rings is 1. The van der Waals surface area contributed by atoms with Gasteiger partial charge in [0.25, 0.3) is 0 Å². The van der Waals surface area contributed by atoms with E-state index in [1.807, 2.05) is 0 Å². The first-order valence-corrected chi connectivity index (χ1v) is 5.89. The van der Waals surface area contributed by atoms with Crippen LogP contribution in [0, 0.1) is 5.82 Å². The number of hydrogen-bond donors (Lipinski definition) is 2. The van der Waals surface area contributed by atoms with E-state index >= 15 is 0 Å². The smallest absolute Gasteiger partial charge is 0.224 e. The third kappa shape index (κ3) is 3.51. The molecule has 98 valence electrons. The average molecular weight is 253 g/mol. The van der Waals surface area contributed by atoms with E-state index in [0.29, 0.717) is 18.6 Å². The van der Waals surface area contributed by atoms with Crippen LogP contribution < -0.4 is 5.32 Å². The normalized spacial score (nSPS) is 23.0. The first-order chi connectivity index (χ1) is 8.57. The van der Waals surface area contributed by atoms with Crippen LogP contribution in [0.2, 0.25) is 0 Å². The van der Waals surface area contributed by atoms with Crippen molar-refractivity contribution in [1.82, 2.24) is 5.32 Å². The highest BCUT2D eigenvalue weighted by molar-refractivity contribution is 5.78. The molecule has 1 aliphatic rings. The van der Waals surface area contributed by atoms with Gasteiger partial charge in [-0.15, -0.1) is 0 Å². The predicted octanol–water partition coefficient (Wildman–Crippen LogP) is 0.636. The van der Waals surface area contributed by atoms with E-state index in [0.717, 1.165) is 0 Å². The molecule has 0 saturated carbocycles. The minimum atomic E-state index is -0.961. The van der Waals surface area contributed by atoms with Crippen LogP contribution in [0.4, 0.5) is 4.39 Å². The molecule has 0 aromatic heterocycles. The van der Waals surface area contributed by atoms with Gasteiger partial charge in [-0.1, -0.05) is 12.1 Å². The number of carbonyl (C=O) groups excluding carboxylic acids is 1. The van der Waals surface area contributed by atoms with E-state index in [-0.39, 0.29) is 31.3 Å². The molecule has 1 amide bonds. The summed E-state index contributed by atoms with van der Waals surface area (Å²) in [5, 5.41) is 12.6. The van der Waals surface area contributed by atoms with Crippen molar-refractivity contribution in [1.29, 1.82) is 0 Å². The van der Waals surface area contributed by atoms with Crippen molar-refractivity contribution >= 4 is 5.91 Å². The molecule has 1 heterocycles. The summed E-state index contributed by atoms with van der Waals surface area (Å²) in [6.07, 6.45) is 0.627. The zero-order valence-corrected chi connectivity index (χ0v) is 9.99. The Morgan fingerprint density at radius 1 is 1.56 bits per heavy atom. The molecule has 1 aliphatic heterocycles. The van der Waals surface area contributed by atoms with Crippen LogP contribution >= 0.6 is 0 Å². The van der Waals surface area contributed by atoms with Gasteiger partial charge in [0.15, 0.2) is 0 Å². The van der Waals surface area contributed by atoms with Crippen LogP contribution in [-0.4, -0.2) is 36.4 Å². The van der Waals surface area contributed by atoms with Crippen molar-refractivity contribution < 1.29 is 19.0 Å². The maximum atomic E-state index is 12.9. The average Bonchev–Trinajstić information content (AvgIpc) is 2.74. The SMILES string of the molecule is O=C(Cc1cccc(F)c1)NCC1(O)CCOC1. The summed E-state index contributed by atoms with van der Waals surface area (Å²) in [6.45, 7) is 0.921. The van der Waals surface area contributed by atoms with Crippen molar-refractivity contribution in [2.24, 2.45) is 0 Å². The van der Waals surface area contributed by atoms with E-state index in [1.54, 1.807) is 12.1 Å². The molecule has 1 aromatic rings. The Morgan fingerprint density at radius 2 is 2.39 bits per heavy atom. The molecular formula is C13H16FNO3. The fraction of sp³-hybridized carbons (Fsp3) is 0.462. The lowest BCUT2D eigenvalue weighted by molar-refractivity contribution is -0.121. The number of ether oxygens (including phenoxy) is 1. The summed E-state index contributed by atoms with van der Waals surface area (Å²) >= 11 is 0. The summed E-state index contributed by atoms with van der Waals surface area (Å²) in [5.41, 5.74) is -0.348. The molecule has 0 bridgehead atoms. The molecule has 1 saturated heterocycles. The lowest BCUT2D eigenvalue weighted by Gasteiger charge is -2.20. The topological polar surface area (TPSA) is 58.6 Å². The van der Waals surface area contributed by atoms with Crippen molar-refractivity contribution in [2.45, 2.75) is 18.4 Å². The Balaban J connectivity index is 1.82. The number of aliphatic hydroxyl groups is 1. The van der Waals surface area contributed by atoms with Crippen LogP contribution in [0.25, 0.3) is 0 Å². The third-order valence-electron chi connectivity index (χ3n) is 2.95. The van der Waals surface area contributed by atoms with Gasteiger partial charge in [0.2, 0.25) is 5.91 Å². The van der Waals surface area contributed by atoms with Gasteiger partial charge >= 0.3 is 0 Å². The number of nitrogens with one attached hydrogen (secondary N) is 1. The monoisotopic (exact) mass is 253 g/mol. The maximum Gasteiger partial charge on any atom is 0.224 e. The molecule has 2 N–H and O–H groups in total. The molecule has 0 aliphatic carbocycles. The van der Waals surface area contributed by atoms with E-state index in [2.05, 4.69) is 5.32 Å². The first-order valence-electron chi connectivity index (χ1n) is 5.89. The minimum Gasteiger partial charge on any atom is -0.386 e. The van der Waals surface area contributed by atoms with Crippen molar-refractivity contribution in [3.05, 3.63) is 35.6 Å². The van der Waals surface area contributed by atoms with Gasteiger partial charge in [0.05, 0.1) is 13.0 Å². The molecule has 1 unspecified atom stereocenters. The second kappa shape index (κ2) is 5.46. The number of hydrogen-bond acceptors (Lipinski definition) is 3. The Bertz CT molecular complexity index is 430. The second-order valence-corrected chi connectivity index (χ2v) is 4.61. The maximum absolute atomic E-state index is 12.9. The molecule has 2 rings (SSSR count). The molecule has 1 atom stereocenters. The number of carbonyl (C=O) groups is 1. The van der Waals surface area contributed by atoms with Crippen LogP contribution in [0.1, 0.15) is 12.0 Å². The van der Waals surface area contributed by atoms with E-state index in [9.17, 15) is 14.3 Å². The lowest BCUT2D eigenvalue weighted by atomic mass is 10.0. The van der Waals surface area contributed by atoms with Gasteiger partial charge in [-0.2, -0.15) is 0 Å². The van der Waals surface area contributed by atoms with E-state index < -0.39 is 5.60 Å². The highest BCUT2D eigenvalue weighted by Crippen LogP contribution is 2.16. The van der Waals surface area contributed by atoms with Gasteiger partial charge in [-0.3, -0.25) is 4.79 Å². The largest absolute Gasteiger partial charge is 0.386 e. The Morgan fingerprint density at radius 3 is 3.06 bits per heavy atom. The van der Waals surface area contributed by atoms with Crippen LogP contribution in [0.15, 0.2) is 24.3 Å². The molecule has 0 radical (unpaired) electrons. The fourth-order valence-corrected chi connectivity index (χ4v) is 1.89. The van der Waals surface area contributed by atoms with Gasteiger partial charge < -0.3 is 15.2 Å². The van der Waals surface area contributed by atoms with Crippen molar-refractivity contribution in [3.8, 4) is 0 Å². The summed E-state index contributed by atoms with van der Waals surface area (Å²) in [6, 6.07) is 5.92. The van der Waals surface area contributed by atoms with Gasteiger partial charge in [0, 0.05) is 19.6 Å². The molecular weight excluding hydrogens is 237 g/mol. The predicted molar refractivity (Wildman–Crippen MR) is 63.5 cm³/mol. The van der Waals surface area contributed by atoms with Crippen LogP contribution in [-0.2, 0) is 16.0 Å². The molecule has 0 spiro atoms. The summed E-state index contributed by atoms with van der Waals surface area (Å²) in [7, 11) is 0. The van der Waals surface area contributed by atoms with Crippen LogP contribution in [0.3, 0.4) is 0 Å².